The van der Waals surface area contributed by atoms with Crippen LogP contribution in [0.5, 0.6) is 0 Å². The van der Waals surface area contributed by atoms with Gasteiger partial charge < -0.3 is 5.32 Å². The van der Waals surface area contributed by atoms with E-state index in [9.17, 15) is 10.1 Å². The van der Waals surface area contributed by atoms with Crippen molar-refractivity contribution >= 4 is 23.1 Å². The van der Waals surface area contributed by atoms with Gasteiger partial charge in [-0.1, -0.05) is 0 Å². The van der Waals surface area contributed by atoms with E-state index in [0.717, 1.165) is 16.8 Å². The van der Waals surface area contributed by atoms with Crippen molar-refractivity contribution in [2.45, 2.75) is 32.7 Å². The summed E-state index contributed by atoms with van der Waals surface area (Å²) in [4.78, 5) is 10.5. The van der Waals surface area contributed by atoms with Crippen LogP contribution in [0.1, 0.15) is 24.0 Å². The SMILES string of the molecule is Cc1cc([N+](=O)[O-])c(C)cc1NC1CCSCC1. The highest BCUT2D eigenvalue weighted by molar-refractivity contribution is 7.99. The van der Waals surface area contributed by atoms with E-state index in [4.69, 9.17) is 0 Å². The summed E-state index contributed by atoms with van der Waals surface area (Å²) in [6.07, 6.45) is 2.33. The number of hydrogen-bond acceptors (Lipinski definition) is 4. The molecule has 1 heterocycles. The molecule has 98 valence electrons. The Bertz CT molecular complexity index is 457. The molecule has 0 amide bonds. The number of nitrogens with one attached hydrogen (secondary N) is 1. The Hall–Kier alpha value is -1.23. The molecule has 5 heteroatoms. The highest BCUT2D eigenvalue weighted by Crippen LogP contribution is 2.28. The van der Waals surface area contributed by atoms with Crippen LogP contribution in [0.3, 0.4) is 0 Å². The van der Waals surface area contributed by atoms with Gasteiger partial charge in [0.2, 0.25) is 0 Å². The molecule has 1 fully saturated rings. The third-order valence-electron chi connectivity index (χ3n) is 3.32. The minimum Gasteiger partial charge on any atom is -0.382 e. The third-order valence-corrected chi connectivity index (χ3v) is 4.37. The number of benzene rings is 1. The van der Waals surface area contributed by atoms with Gasteiger partial charge >= 0.3 is 0 Å². The lowest BCUT2D eigenvalue weighted by Gasteiger charge is -2.24. The lowest BCUT2D eigenvalue weighted by atomic mass is 10.1. The van der Waals surface area contributed by atoms with Crippen molar-refractivity contribution in [3.8, 4) is 0 Å². The van der Waals surface area contributed by atoms with Crippen molar-refractivity contribution in [1.82, 2.24) is 0 Å². The smallest absolute Gasteiger partial charge is 0.272 e. The molecule has 0 aromatic heterocycles. The topological polar surface area (TPSA) is 55.2 Å². The van der Waals surface area contributed by atoms with Crippen molar-refractivity contribution < 1.29 is 4.92 Å². The molecule has 1 aromatic rings. The van der Waals surface area contributed by atoms with Gasteiger partial charge in [0.1, 0.15) is 0 Å². The zero-order valence-electron chi connectivity index (χ0n) is 10.7. The zero-order valence-corrected chi connectivity index (χ0v) is 11.5. The Morgan fingerprint density at radius 1 is 1.28 bits per heavy atom. The number of nitro benzene ring substituents is 1. The van der Waals surface area contributed by atoms with Gasteiger partial charge in [-0.25, -0.2) is 0 Å². The van der Waals surface area contributed by atoms with Crippen LogP contribution in [0.4, 0.5) is 11.4 Å². The molecule has 0 spiro atoms. The second kappa shape index (κ2) is 5.61. The molecule has 0 aliphatic carbocycles. The minimum absolute atomic E-state index is 0.206. The normalized spacial score (nSPS) is 16.6. The standard InChI is InChI=1S/C13H18N2O2S/c1-9-8-13(15(16)17)10(2)7-12(9)14-11-3-5-18-6-4-11/h7-8,11,14H,3-6H2,1-2H3. The number of thioether (sulfide) groups is 1. The van der Waals surface area contributed by atoms with Crippen LogP contribution < -0.4 is 5.32 Å². The molecule has 0 saturated carbocycles. The first-order chi connectivity index (χ1) is 8.58. The second-order valence-electron chi connectivity index (χ2n) is 4.74. The van der Waals surface area contributed by atoms with Crippen molar-refractivity contribution in [3.05, 3.63) is 33.4 Å². The molecule has 0 bridgehead atoms. The van der Waals surface area contributed by atoms with Crippen LogP contribution in [0.2, 0.25) is 0 Å². The number of anilines is 1. The monoisotopic (exact) mass is 266 g/mol. The fourth-order valence-electron chi connectivity index (χ4n) is 2.21. The van der Waals surface area contributed by atoms with Crippen LogP contribution >= 0.6 is 11.8 Å². The predicted octanol–water partition coefficient (Wildman–Crippen LogP) is 3.52. The number of rotatable bonds is 3. The van der Waals surface area contributed by atoms with Gasteiger partial charge in [-0.2, -0.15) is 11.8 Å². The summed E-state index contributed by atoms with van der Waals surface area (Å²) in [5, 5.41) is 14.4. The molecule has 0 unspecified atom stereocenters. The molecule has 1 aromatic carbocycles. The maximum atomic E-state index is 10.9. The van der Waals surface area contributed by atoms with E-state index in [1.165, 1.54) is 24.3 Å². The fourth-order valence-corrected chi connectivity index (χ4v) is 3.32. The van der Waals surface area contributed by atoms with Crippen LogP contribution in [0.25, 0.3) is 0 Å². The molecular formula is C13H18N2O2S. The van der Waals surface area contributed by atoms with Crippen molar-refractivity contribution in [2.75, 3.05) is 16.8 Å². The molecule has 0 atom stereocenters. The van der Waals surface area contributed by atoms with E-state index in [-0.39, 0.29) is 10.6 Å². The predicted molar refractivity (Wildman–Crippen MR) is 76.5 cm³/mol. The molecule has 1 saturated heterocycles. The van der Waals surface area contributed by atoms with Gasteiger partial charge in [-0.05, 0) is 49.8 Å². The van der Waals surface area contributed by atoms with Gasteiger partial charge in [-0.15, -0.1) is 0 Å². The molecule has 18 heavy (non-hydrogen) atoms. The first-order valence-electron chi connectivity index (χ1n) is 6.18. The zero-order chi connectivity index (χ0) is 13.1. The Morgan fingerprint density at radius 2 is 1.94 bits per heavy atom. The summed E-state index contributed by atoms with van der Waals surface area (Å²) in [6.45, 7) is 3.71. The van der Waals surface area contributed by atoms with E-state index in [1.807, 2.05) is 24.8 Å². The van der Waals surface area contributed by atoms with Crippen LogP contribution in [-0.4, -0.2) is 22.5 Å². The molecule has 1 N–H and O–H groups in total. The van der Waals surface area contributed by atoms with E-state index < -0.39 is 0 Å². The van der Waals surface area contributed by atoms with Gasteiger partial charge in [-0.3, -0.25) is 10.1 Å². The quantitative estimate of drug-likeness (QED) is 0.672. The summed E-state index contributed by atoms with van der Waals surface area (Å²) in [5.74, 6) is 2.39. The molecule has 0 radical (unpaired) electrons. The minimum atomic E-state index is -0.316. The molecule has 1 aliphatic heterocycles. The van der Waals surface area contributed by atoms with E-state index in [2.05, 4.69) is 5.32 Å². The first kappa shape index (κ1) is 13.2. The highest BCUT2D eigenvalue weighted by Gasteiger charge is 2.17. The maximum absolute atomic E-state index is 10.9. The van der Waals surface area contributed by atoms with Crippen LogP contribution in [-0.2, 0) is 0 Å². The third kappa shape index (κ3) is 2.96. The van der Waals surface area contributed by atoms with E-state index in [1.54, 1.807) is 13.0 Å². The Morgan fingerprint density at radius 3 is 2.56 bits per heavy atom. The Kier molecular flexibility index (Phi) is 4.11. The van der Waals surface area contributed by atoms with Crippen molar-refractivity contribution in [1.29, 1.82) is 0 Å². The van der Waals surface area contributed by atoms with Crippen LogP contribution in [0, 0.1) is 24.0 Å². The fraction of sp³-hybridized carbons (Fsp3) is 0.538. The largest absolute Gasteiger partial charge is 0.382 e. The molecule has 4 nitrogen and oxygen atoms in total. The average molecular weight is 266 g/mol. The number of nitro groups is 1. The molecule has 2 rings (SSSR count). The van der Waals surface area contributed by atoms with E-state index in [0.29, 0.717) is 6.04 Å². The first-order valence-corrected chi connectivity index (χ1v) is 7.33. The average Bonchev–Trinajstić information content (AvgIpc) is 2.34. The summed E-state index contributed by atoms with van der Waals surface area (Å²) < 4.78 is 0. The molecular weight excluding hydrogens is 248 g/mol. The second-order valence-corrected chi connectivity index (χ2v) is 5.97. The van der Waals surface area contributed by atoms with Crippen LogP contribution in [0.15, 0.2) is 12.1 Å². The van der Waals surface area contributed by atoms with Gasteiger partial charge in [0, 0.05) is 23.4 Å². The summed E-state index contributed by atoms with van der Waals surface area (Å²) in [5.41, 5.74) is 2.91. The number of hydrogen-bond donors (Lipinski definition) is 1. The Balaban J connectivity index is 2.18. The number of aryl methyl sites for hydroxylation is 2. The summed E-state index contributed by atoms with van der Waals surface area (Å²) >= 11 is 1.99. The highest BCUT2D eigenvalue weighted by atomic mass is 32.2. The van der Waals surface area contributed by atoms with E-state index >= 15 is 0 Å². The maximum Gasteiger partial charge on any atom is 0.272 e. The summed E-state index contributed by atoms with van der Waals surface area (Å²) in [6, 6.07) is 4.07. The lowest BCUT2D eigenvalue weighted by Crippen LogP contribution is -2.24. The van der Waals surface area contributed by atoms with Gasteiger partial charge in [0.25, 0.3) is 5.69 Å². The van der Waals surface area contributed by atoms with Crippen molar-refractivity contribution in [3.63, 3.8) is 0 Å². The lowest BCUT2D eigenvalue weighted by molar-refractivity contribution is -0.385. The van der Waals surface area contributed by atoms with Gasteiger partial charge in [0.05, 0.1) is 4.92 Å². The molecule has 1 aliphatic rings. The van der Waals surface area contributed by atoms with Crippen molar-refractivity contribution in [2.24, 2.45) is 0 Å². The Labute approximate surface area is 111 Å². The number of nitrogens with zero attached hydrogens (tertiary/aromatic N) is 1. The van der Waals surface area contributed by atoms with Gasteiger partial charge in [0.15, 0.2) is 0 Å². The summed E-state index contributed by atoms with van der Waals surface area (Å²) in [7, 11) is 0.